The minimum Gasteiger partial charge on any atom is -0.314 e. The Kier molecular flexibility index (Phi) is 3.66. The maximum Gasteiger partial charge on any atom is 0.152 e. The third kappa shape index (κ3) is 2.75. The van der Waals surface area contributed by atoms with Crippen LogP contribution in [0.25, 0.3) is 0 Å². The minimum absolute atomic E-state index is 0.570. The Balaban J connectivity index is 1.93. The standard InChI is InChI=1S/C10H19N5/c1-2-7-15-10(12-13-14-15)8-9-5-3-4-6-11-9/h9,11H,2-8H2,1H3. The Morgan fingerprint density at radius 2 is 2.40 bits per heavy atom. The van der Waals surface area contributed by atoms with Gasteiger partial charge in [-0.3, -0.25) is 0 Å². The summed E-state index contributed by atoms with van der Waals surface area (Å²) in [6, 6.07) is 0.570. The molecule has 1 unspecified atom stereocenters. The van der Waals surface area contributed by atoms with Gasteiger partial charge in [0.2, 0.25) is 0 Å². The van der Waals surface area contributed by atoms with E-state index in [1.54, 1.807) is 0 Å². The fraction of sp³-hybridized carbons (Fsp3) is 0.900. The van der Waals surface area contributed by atoms with Gasteiger partial charge in [-0.15, -0.1) is 5.10 Å². The van der Waals surface area contributed by atoms with E-state index < -0.39 is 0 Å². The Morgan fingerprint density at radius 1 is 1.47 bits per heavy atom. The second-order valence-corrected chi connectivity index (χ2v) is 4.17. The van der Waals surface area contributed by atoms with Gasteiger partial charge in [0, 0.05) is 19.0 Å². The summed E-state index contributed by atoms with van der Waals surface area (Å²) in [6.07, 6.45) is 5.92. The van der Waals surface area contributed by atoms with Crippen LogP contribution in [0.3, 0.4) is 0 Å². The van der Waals surface area contributed by atoms with Gasteiger partial charge in [-0.2, -0.15) is 0 Å². The average molecular weight is 209 g/mol. The van der Waals surface area contributed by atoms with Crippen molar-refractivity contribution in [3.05, 3.63) is 5.82 Å². The minimum atomic E-state index is 0.570. The number of hydrogen-bond donors (Lipinski definition) is 1. The molecule has 0 bridgehead atoms. The molecule has 5 nitrogen and oxygen atoms in total. The average Bonchev–Trinajstić information content (AvgIpc) is 2.68. The van der Waals surface area contributed by atoms with Crippen LogP contribution in [0.1, 0.15) is 38.4 Å². The number of aryl methyl sites for hydroxylation is 1. The summed E-state index contributed by atoms with van der Waals surface area (Å²) in [7, 11) is 0. The Bertz CT molecular complexity index is 290. The predicted molar refractivity (Wildman–Crippen MR) is 57.5 cm³/mol. The summed E-state index contributed by atoms with van der Waals surface area (Å²) in [6.45, 7) is 4.21. The molecule has 0 amide bonds. The van der Waals surface area contributed by atoms with Gasteiger partial charge in [-0.05, 0) is 36.2 Å². The first-order valence-electron chi connectivity index (χ1n) is 5.88. The largest absolute Gasteiger partial charge is 0.314 e. The van der Waals surface area contributed by atoms with E-state index >= 15 is 0 Å². The van der Waals surface area contributed by atoms with Crippen molar-refractivity contribution >= 4 is 0 Å². The quantitative estimate of drug-likeness (QED) is 0.795. The van der Waals surface area contributed by atoms with E-state index in [9.17, 15) is 0 Å². The molecule has 2 heterocycles. The third-order valence-corrected chi connectivity index (χ3v) is 2.88. The number of piperidine rings is 1. The van der Waals surface area contributed by atoms with Crippen molar-refractivity contribution < 1.29 is 0 Å². The molecule has 5 heteroatoms. The van der Waals surface area contributed by atoms with Crippen molar-refractivity contribution in [1.29, 1.82) is 0 Å². The van der Waals surface area contributed by atoms with E-state index in [4.69, 9.17) is 0 Å². The Morgan fingerprint density at radius 3 is 3.13 bits per heavy atom. The number of tetrazole rings is 1. The Hall–Kier alpha value is -0.970. The van der Waals surface area contributed by atoms with Crippen LogP contribution in [0.2, 0.25) is 0 Å². The van der Waals surface area contributed by atoms with Crippen molar-refractivity contribution in [2.45, 2.75) is 51.6 Å². The first-order valence-corrected chi connectivity index (χ1v) is 5.88. The van der Waals surface area contributed by atoms with Gasteiger partial charge in [0.05, 0.1) is 0 Å². The van der Waals surface area contributed by atoms with E-state index in [-0.39, 0.29) is 0 Å². The second-order valence-electron chi connectivity index (χ2n) is 4.17. The first-order chi connectivity index (χ1) is 7.40. The second kappa shape index (κ2) is 5.21. The van der Waals surface area contributed by atoms with Crippen molar-refractivity contribution in [3.63, 3.8) is 0 Å². The fourth-order valence-electron chi connectivity index (χ4n) is 2.07. The molecule has 0 radical (unpaired) electrons. The number of hydrogen-bond acceptors (Lipinski definition) is 4. The molecule has 1 saturated heterocycles. The molecule has 0 aliphatic carbocycles. The predicted octanol–water partition coefficient (Wildman–Crippen LogP) is 0.768. The molecule has 1 fully saturated rings. The summed E-state index contributed by atoms with van der Waals surface area (Å²) >= 11 is 0. The van der Waals surface area contributed by atoms with Crippen LogP contribution < -0.4 is 5.32 Å². The van der Waals surface area contributed by atoms with E-state index in [2.05, 4.69) is 27.8 Å². The highest BCUT2D eigenvalue weighted by atomic mass is 15.5. The SMILES string of the molecule is CCCn1nnnc1CC1CCCCN1. The summed E-state index contributed by atoms with van der Waals surface area (Å²) in [4.78, 5) is 0. The van der Waals surface area contributed by atoms with Crippen molar-refractivity contribution in [2.75, 3.05) is 6.54 Å². The molecule has 84 valence electrons. The zero-order chi connectivity index (χ0) is 10.5. The van der Waals surface area contributed by atoms with Crippen LogP contribution in [0.5, 0.6) is 0 Å². The van der Waals surface area contributed by atoms with Crippen LogP contribution >= 0.6 is 0 Å². The molecule has 1 aromatic heterocycles. The van der Waals surface area contributed by atoms with Gasteiger partial charge >= 0.3 is 0 Å². The van der Waals surface area contributed by atoms with Gasteiger partial charge in [-0.25, -0.2) is 4.68 Å². The van der Waals surface area contributed by atoms with Crippen molar-refractivity contribution in [1.82, 2.24) is 25.5 Å². The Labute approximate surface area is 90.2 Å². The van der Waals surface area contributed by atoms with E-state index in [1.807, 2.05) is 4.68 Å². The molecular weight excluding hydrogens is 190 g/mol. The van der Waals surface area contributed by atoms with Crippen LogP contribution in [-0.4, -0.2) is 32.8 Å². The molecule has 1 aliphatic rings. The van der Waals surface area contributed by atoms with E-state index in [0.717, 1.165) is 31.8 Å². The normalized spacial score (nSPS) is 21.8. The molecule has 0 aromatic carbocycles. The molecule has 0 saturated carbocycles. The fourth-order valence-corrected chi connectivity index (χ4v) is 2.07. The molecule has 1 atom stereocenters. The van der Waals surface area contributed by atoms with Crippen LogP contribution in [0.4, 0.5) is 0 Å². The lowest BCUT2D eigenvalue weighted by molar-refractivity contribution is 0.386. The lowest BCUT2D eigenvalue weighted by Gasteiger charge is -2.22. The maximum atomic E-state index is 4.09. The molecule has 2 rings (SSSR count). The molecule has 1 aliphatic heterocycles. The van der Waals surface area contributed by atoms with E-state index in [0.29, 0.717) is 6.04 Å². The van der Waals surface area contributed by atoms with Gasteiger partial charge in [0.1, 0.15) is 0 Å². The summed E-state index contributed by atoms with van der Waals surface area (Å²) in [5.41, 5.74) is 0. The van der Waals surface area contributed by atoms with Gasteiger partial charge in [0.15, 0.2) is 5.82 Å². The lowest BCUT2D eigenvalue weighted by atomic mass is 10.0. The van der Waals surface area contributed by atoms with E-state index in [1.165, 1.54) is 19.3 Å². The summed E-state index contributed by atoms with van der Waals surface area (Å²) < 4.78 is 1.93. The maximum absolute atomic E-state index is 4.09. The van der Waals surface area contributed by atoms with Gasteiger partial charge in [-0.1, -0.05) is 13.3 Å². The van der Waals surface area contributed by atoms with Crippen molar-refractivity contribution in [2.24, 2.45) is 0 Å². The van der Waals surface area contributed by atoms with Gasteiger partial charge in [0.25, 0.3) is 0 Å². The molecule has 15 heavy (non-hydrogen) atoms. The smallest absolute Gasteiger partial charge is 0.152 e. The molecule has 1 aromatic rings. The van der Waals surface area contributed by atoms with Crippen LogP contribution in [-0.2, 0) is 13.0 Å². The molecule has 1 N–H and O–H groups in total. The van der Waals surface area contributed by atoms with Crippen LogP contribution in [0, 0.1) is 0 Å². The highest BCUT2D eigenvalue weighted by molar-refractivity contribution is 4.88. The molecule has 0 spiro atoms. The first kappa shape index (κ1) is 10.5. The summed E-state index contributed by atoms with van der Waals surface area (Å²) in [5, 5.41) is 15.3. The zero-order valence-electron chi connectivity index (χ0n) is 9.32. The zero-order valence-corrected chi connectivity index (χ0v) is 9.32. The van der Waals surface area contributed by atoms with Crippen LogP contribution in [0.15, 0.2) is 0 Å². The summed E-state index contributed by atoms with van der Waals surface area (Å²) in [5.74, 6) is 1.02. The highest BCUT2D eigenvalue weighted by Gasteiger charge is 2.16. The molecular formula is C10H19N5. The highest BCUT2D eigenvalue weighted by Crippen LogP contribution is 2.10. The number of rotatable bonds is 4. The third-order valence-electron chi connectivity index (χ3n) is 2.88. The van der Waals surface area contributed by atoms with Crippen molar-refractivity contribution in [3.8, 4) is 0 Å². The number of aromatic nitrogens is 4. The topological polar surface area (TPSA) is 55.6 Å². The number of nitrogens with one attached hydrogen (secondary N) is 1. The number of nitrogens with zero attached hydrogens (tertiary/aromatic N) is 4. The lowest BCUT2D eigenvalue weighted by Crippen LogP contribution is -2.36. The monoisotopic (exact) mass is 209 g/mol. The van der Waals surface area contributed by atoms with Gasteiger partial charge < -0.3 is 5.32 Å².